The van der Waals surface area contributed by atoms with Crippen LogP contribution in [0.2, 0.25) is 0 Å². The molecule has 0 aliphatic carbocycles. The molecule has 7 atom stereocenters. The molecule has 0 fully saturated rings. The summed E-state index contributed by atoms with van der Waals surface area (Å²) in [6, 6.07) is -6.58. The molecule has 10 amide bonds. The molecule has 0 bridgehead atoms. The summed E-state index contributed by atoms with van der Waals surface area (Å²) in [5, 5.41) is 24.3. The molecule has 20 nitrogen and oxygen atoms in total. The second kappa shape index (κ2) is 29.3. The molecule has 65 heavy (non-hydrogen) atoms. The lowest BCUT2D eigenvalue weighted by Crippen LogP contribution is -2.64. The average Bonchev–Trinajstić information content (AvgIpc) is 3.17. The summed E-state index contributed by atoms with van der Waals surface area (Å²) in [5.74, 6) is -6.92. The highest BCUT2D eigenvalue weighted by Crippen LogP contribution is 2.16. The molecule has 0 aliphatic heterocycles. The normalized spacial score (nSPS) is 14.7. The zero-order valence-electron chi connectivity index (χ0n) is 41.4. The van der Waals surface area contributed by atoms with Crippen LogP contribution in [0.1, 0.15) is 142 Å². The fraction of sp³-hybridized carbons (Fsp3) is 0.778. The quantitative estimate of drug-likeness (QED) is 0.0447. The van der Waals surface area contributed by atoms with Crippen LogP contribution in [0.25, 0.3) is 0 Å². The van der Waals surface area contributed by atoms with Crippen molar-refractivity contribution in [1.82, 2.24) is 47.9 Å². The van der Waals surface area contributed by atoms with E-state index in [9.17, 15) is 47.9 Å². The number of carbonyl (C=O) groups excluding carboxylic acids is 10. The number of rotatable bonds is 30. The van der Waals surface area contributed by atoms with Crippen LogP contribution in [0, 0.1) is 29.6 Å². The molecule has 0 rings (SSSR count). The summed E-state index contributed by atoms with van der Waals surface area (Å²) in [4.78, 5) is 130. The summed E-state index contributed by atoms with van der Waals surface area (Å²) in [5.41, 5.74) is 4.01. The highest BCUT2D eigenvalue weighted by molar-refractivity contribution is 5.98. The molecule has 0 heterocycles. The first-order chi connectivity index (χ1) is 30.0. The summed E-state index contributed by atoms with van der Waals surface area (Å²) in [6.45, 7) is 23.7. The van der Waals surface area contributed by atoms with Gasteiger partial charge in [-0.1, -0.05) is 62.3 Å². The van der Waals surface area contributed by atoms with E-state index in [0.29, 0.717) is 38.8 Å². The van der Waals surface area contributed by atoms with E-state index < -0.39 is 95.0 Å². The molecule has 0 radical (unpaired) electrons. The number of amides is 10. The minimum absolute atomic E-state index is 0.0119. The van der Waals surface area contributed by atoms with Gasteiger partial charge >= 0.3 is 0 Å². The fourth-order valence-corrected chi connectivity index (χ4v) is 6.67. The van der Waals surface area contributed by atoms with Gasteiger partial charge in [0.2, 0.25) is 59.1 Å². The Labute approximate surface area is 386 Å². The smallest absolute Gasteiger partial charge is 0.245 e. The lowest BCUT2D eigenvalue weighted by molar-refractivity contribution is -0.138. The number of carbonyl (C=O) groups is 10. The van der Waals surface area contributed by atoms with Crippen LogP contribution >= 0.6 is 0 Å². The summed E-state index contributed by atoms with van der Waals surface area (Å²) >= 11 is 0. The highest BCUT2D eigenvalue weighted by Gasteiger charge is 2.38. The molecule has 0 saturated heterocycles. The van der Waals surface area contributed by atoms with Gasteiger partial charge in [-0.05, 0) is 88.4 Å². The molecule has 11 N–H and O–H groups in total. The van der Waals surface area contributed by atoms with Crippen LogP contribution < -0.4 is 53.6 Å². The number of unbranched alkanes of at least 4 members (excludes halogenated alkanes) is 2. The lowest BCUT2D eigenvalue weighted by Gasteiger charge is -2.32. The van der Waals surface area contributed by atoms with Crippen LogP contribution in [0.4, 0.5) is 0 Å². The van der Waals surface area contributed by atoms with Gasteiger partial charge in [-0.25, -0.2) is 0 Å². The zero-order valence-corrected chi connectivity index (χ0v) is 41.4. The van der Waals surface area contributed by atoms with E-state index in [1.165, 1.54) is 34.6 Å². The second-order valence-corrected chi connectivity index (χ2v) is 19.0. The van der Waals surface area contributed by atoms with Crippen molar-refractivity contribution in [2.24, 2.45) is 35.3 Å². The first-order valence-electron chi connectivity index (χ1n) is 22.9. The average molecular weight is 923 g/mol. The van der Waals surface area contributed by atoms with E-state index in [0.717, 1.165) is 0 Å². The van der Waals surface area contributed by atoms with Crippen molar-refractivity contribution in [3.8, 4) is 0 Å². The Hall–Kier alpha value is -5.30. The number of hydrogen-bond donors (Lipinski definition) is 10. The van der Waals surface area contributed by atoms with Crippen LogP contribution in [-0.2, 0) is 47.9 Å². The summed E-state index contributed by atoms with van der Waals surface area (Å²) in [7, 11) is 0. The van der Waals surface area contributed by atoms with Gasteiger partial charge in [-0.15, -0.1) is 0 Å². The minimum atomic E-state index is -1.65. The maximum absolute atomic E-state index is 14.0. The van der Waals surface area contributed by atoms with Gasteiger partial charge in [0.15, 0.2) is 0 Å². The van der Waals surface area contributed by atoms with Crippen molar-refractivity contribution >= 4 is 59.1 Å². The first-order valence-corrected chi connectivity index (χ1v) is 22.9. The van der Waals surface area contributed by atoms with Crippen molar-refractivity contribution in [3.63, 3.8) is 0 Å². The Kier molecular flexibility index (Phi) is 26.9. The number of nitrogens with one attached hydrogen (secondary N) is 9. The maximum atomic E-state index is 14.0. The van der Waals surface area contributed by atoms with E-state index in [4.69, 9.17) is 5.73 Å². The topological polar surface area (TPSA) is 305 Å². The third-order valence-electron chi connectivity index (χ3n) is 10.9. The highest BCUT2D eigenvalue weighted by atomic mass is 16.2. The largest absolute Gasteiger partial charge is 0.368 e. The molecular weight excluding hydrogens is 841 g/mol. The van der Waals surface area contributed by atoms with Gasteiger partial charge in [0.1, 0.15) is 41.8 Å². The molecule has 0 saturated carbocycles. The first kappa shape index (κ1) is 59.7. The molecule has 0 aromatic carbocycles. The molecule has 0 aromatic heterocycles. The van der Waals surface area contributed by atoms with Crippen molar-refractivity contribution in [1.29, 1.82) is 0 Å². The molecule has 372 valence electrons. The van der Waals surface area contributed by atoms with E-state index >= 15 is 0 Å². The Morgan fingerprint density at radius 2 is 0.877 bits per heavy atom. The number of primary amides is 1. The zero-order chi connectivity index (χ0) is 50.4. The molecule has 0 spiro atoms. The van der Waals surface area contributed by atoms with Crippen molar-refractivity contribution in [3.05, 3.63) is 0 Å². The van der Waals surface area contributed by atoms with E-state index in [2.05, 4.69) is 47.9 Å². The molecule has 20 heteroatoms. The second-order valence-electron chi connectivity index (χ2n) is 19.0. The van der Waals surface area contributed by atoms with Gasteiger partial charge in [0.25, 0.3) is 0 Å². The van der Waals surface area contributed by atoms with E-state index in [1.807, 2.05) is 27.7 Å². The third kappa shape index (κ3) is 23.5. The molecule has 0 aromatic rings. The van der Waals surface area contributed by atoms with E-state index in [-0.39, 0.29) is 54.7 Å². The molecule has 0 aliphatic rings. The Morgan fingerprint density at radius 1 is 0.462 bits per heavy atom. The number of hydrogen-bond acceptors (Lipinski definition) is 10. The number of nitrogens with two attached hydrogens (primary N) is 1. The van der Waals surface area contributed by atoms with Crippen molar-refractivity contribution in [2.45, 2.75) is 184 Å². The Bertz CT molecular complexity index is 1630. The van der Waals surface area contributed by atoms with Crippen LogP contribution in [0.5, 0.6) is 0 Å². The maximum Gasteiger partial charge on any atom is 0.245 e. The lowest BCUT2D eigenvalue weighted by atomic mass is 9.89. The Balaban J connectivity index is 6.39. The predicted octanol–water partition coefficient (Wildman–Crippen LogP) is 0.558. The van der Waals surface area contributed by atoms with Gasteiger partial charge in [-0.2, -0.15) is 0 Å². The third-order valence-corrected chi connectivity index (χ3v) is 10.9. The van der Waals surface area contributed by atoms with Gasteiger partial charge in [0, 0.05) is 33.9 Å². The van der Waals surface area contributed by atoms with Gasteiger partial charge in [0.05, 0.1) is 0 Å². The van der Waals surface area contributed by atoms with Crippen molar-refractivity contribution in [2.75, 3.05) is 13.1 Å². The minimum Gasteiger partial charge on any atom is -0.368 e. The standard InChI is InChI=1S/C45H82N10O10/c1-24(2)23-34(52-39(60)32(19-15-17-21-47-29(10)56)50-42(63)35(26(5)6)49-31(12)58)41(62)55-45(13,14)44(65)54-36(27(7)8)43(64)51-33(20-16-18-22-48-30(11)57)40(61)53-37(38(46)59)28(9)25(3)4/h24-28,32-37H,15-23H2,1-14H3,(H2,46,59)(H,47,56)(H,48,57)(H,49,58)(H,50,63)(H,51,64)(H,52,60)(H,53,61)(H,54,65)(H,55,62). The molecule has 7 unspecified atom stereocenters. The fourth-order valence-electron chi connectivity index (χ4n) is 6.67. The predicted molar refractivity (Wildman–Crippen MR) is 247 cm³/mol. The summed E-state index contributed by atoms with van der Waals surface area (Å²) in [6.07, 6.45) is 2.24. The SMILES string of the molecule is CC(=O)NCCCCC(NC(=O)C(NC(C)=O)C(C)C)C(=O)NC(CC(C)C)C(=O)NC(C)(C)C(=O)NC(C(=O)NC(CCCCNC(C)=O)C(=O)NC(C(N)=O)C(C)C(C)C)C(C)C. The van der Waals surface area contributed by atoms with Gasteiger partial charge < -0.3 is 53.6 Å². The Morgan fingerprint density at radius 3 is 1.25 bits per heavy atom. The van der Waals surface area contributed by atoms with Gasteiger partial charge in [-0.3, -0.25) is 47.9 Å². The summed E-state index contributed by atoms with van der Waals surface area (Å²) < 4.78 is 0. The van der Waals surface area contributed by atoms with Crippen LogP contribution in [0.15, 0.2) is 0 Å². The monoisotopic (exact) mass is 923 g/mol. The van der Waals surface area contributed by atoms with E-state index in [1.54, 1.807) is 34.6 Å². The molecular formula is C45H82N10O10. The van der Waals surface area contributed by atoms with Crippen molar-refractivity contribution < 1.29 is 47.9 Å². The van der Waals surface area contributed by atoms with Crippen LogP contribution in [0.3, 0.4) is 0 Å². The van der Waals surface area contributed by atoms with Crippen LogP contribution in [-0.4, -0.2) is 114 Å².